The molecule has 0 radical (unpaired) electrons. The summed E-state index contributed by atoms with van der Waals surface area (Å²) in [5.41, 5.74) is 19.3. The van der Waals surface area contributed by atoms with Gasteiger partial charge in [-0.1, -0.05) is 166 Å². The summed E-state index contributed by atoms with van der Waals surface area (Å²) < 4.78 is 0. The molecule has 2 bridgehead atoms. The molecule has 300 valence electrons. The molecular formula is C60H50N2. The number of benzene rings is 8. The molecule has 0 spiro atoms. The van der Waals surface area contributed by atoms with Crippen molar-refractivity contribution in [3.63, 3.8) is 0 Å². The fourth-order valence-electron chi connectivity index (χ4n) is 10.2. The fraction of sp³-hybridized carbons (Fsp3) is 0.133. The second-order valence-corrected chi connectivity index (χ2v) is 17.6. The number of hydrogen-bond donors (Lipinski definition) is 2. The summed E-state index contributed by atoms with van der Waals surface area (Å²) in [6.45, 7) is 4.73. The van der Waals surface area contributed by atoms with Gasteiger partial charge in [0.15, 0.2) is 0 Å². The van der Waals surface area contributed by atoms with Gasteiger partial charge in [0.1, 0.15) is 0 Å². The zero-order chi connectivity index (χ0) is 41.6. The van der Waals surface area contributed by atoms with Crippen LogP contribution in [-0.2, 0) is 0 Å². The highest BCUT2D eigenvalue weighted by molar-refractivity contribution is 5.93. The van der Waals surface area contributed by atoms with E-state index in [9.17, 15) is 0 Å². The smallest absolute Gasteiger partial charge is 0.0464 e. The van der Waals surface area contributed by atoms with E-state index in [2.05, 4.69) is 231 Å². The number of anilines is 4. The van der Waals surface area contributed by atoms with Crippen LogP contribution in [0.15, 0.2) is 206 Å². The van der Waals surface area contributed by atoms with Crippen molar-refractivity contribution in [1.29, 1.82) is 0 Å². The summed E-state index contributed by atoms with van der Waals surface area (Å²) in [7, 11) is 0. The van der Waals surface area contributed by atoms with Gasteiger partial charge in [-0.3, -0.25) is 0 Å². The first-order valence-corrected chi connectivity index (χ1v) is 22.3. The molecule has 0 amide bonds. The lowest BCUT2D eigenvalue weighted by atomic mass is 9.69. The van der Waals surface area contributed by atoms with Gasteiger partial charge in [-0.15, -0.1) is 0 Å². The second-order valence-electron chi connectivity index (χ2n) is 17.6. The van der Waals surface area contributed by atoms with Crippen LogP contribution in [-0.4, -0.2) is 0 Å². The van der Waals surface area contributed by atoms with Crippen LogP contribution < -0.4 is 10.6 Å². The summed E-state index contributed by atoms with van der Waals surface area (Å²) in [5, 5.41) is 10.5. The summed E-state index contributed by atoms with van der Waals surface area (Å²) in [4.78, 5) is 0. The van der Waals surface area contributed by atoms with Crippen molar-refractivity contribution in [3.8, 4) is 44.5 Å². The zero-order valence-corrected chi connectivity index (χ0v) is 35.4. The number of allylic oxidation sites excluding steroid dienone is 6. The minimum Gasteiger partial charge on any atom is -0.355 e. The Labute approximate surface area is 366 Å². The lowest BCUT2D eigenvalue weighted by molar-refractivity contribution is 0.413. The van der Waals surface area contributed by atoms with Crippen LogP contribution in [0.5, 0.6) is 0 Å². The molecule has 62 heavy (non-hydrogen) atoms. The monoisotopic (exact) mass is 798 g/mol. The van der Waals surface area contributed by atoms with Gasteiger partial charge in [-0.25, -0.2) is 0 Å². The average molecular weight is 799 g/mol. The van der Waals surface area contributed by atoms with Crippen LogP contribution in [0.25, 0.3) is 60.9 Å². The largest absolute Gasteiger partial charge is 0.355 e. The van der Waals surface area contributed by atoms with E-state index in [0.717, 1.165) is 29.9 Å². The molecule has 1 aliphatic heterocycles. The molecule has 0 saturated carbocycles. The van der Waals surface area contributed by atoms with Crippen LogP contribution in [0.3, 0.4) is 0 Å². The predicted molar refractivity (Wildman–Crippen MR) is 264 cm³/mol. The normalized spacial score (nSPS) is 18.8. The van der Waals surface area contributed by atoms with Crippen molar-refractivity contribution in [2.45, 2.75) is 38.5 Å². The third-order valence-corrected chi connectivity index (χ3v) is 13.4. The van der Waals surface area contributed by atoms with E-state index in [1.807, 2.05) is 0 Å². The third kappa shape index (κ3) is 7.26. The molecule has 3 aliphatic rings. The lowest BCUT2D eigenvalue weighted by Crippen LogP contribution is -2.22. The molecule has 2 heteroatoms. The first-order valence-electron chi connectivity index (χ1n) is 22.3. The van der Waals surface area contributed by atoms with Crippen molar-refractivity contribution >= 4 is 39.1 Å². The Kier molecular flexibility index (Phi) is 9.78. The fourth-order valence-corrected chi connectivity index (χ4v) is 10.2. The second kappa shape index (κ2) is 16.0. The molecule has 0 fully saturated rings. The highest BCUT2D eigenvalue weighted by Gasteiger charge is 2.33. The Hall–Kier alpha value is -7.16. The van der Waals surface area contributed by atoms with E-state index in [1.54, 1.807) is 0 Å². The molecule has 1 heterocycles. The van der Waals surface area contributed by atoms with Crippen molar-refractivity contribution in [2.24, 2.45) is 11.8 Å². The molecule has 2 aliphatic carbocycles. The molecule has 8 aromatic carbocycles. The van der Waals surface area contributed by atoms with E-state index in [4.69, 9.17) is 0 Å². The highest BCUT2D eigenvalue weighted by Crippen LogP contribution is 2.50. The first kappa shape index (κ1) is 37.8. The maximum atomic E-state index is 4.03. The standard InChI is InChI=1S/C60H50N2/c1-39-14-11-22-47(30-39)54-35-45(26-28-57(54)61-52-33-50(41-16-5-3-6-17-41)32-51(34-52)42-18-7-4-8-19-42)46-27-29-58-55(36-46)49-24-13-23-48(31-49)53-25-12-15-40(2)60(53)56-37-43-20-9-10-21-44(43)38-59(56)62-58/h3-13,16-40,53,60-62H,14-15H2,1-2H3/t39-,40?,53?,60?/m0/s1. The van der Waals surface area contributed by atoms with Crippen molar-refractivity contribution < 1.29 is 0 Å². The molecule has 11 rings (SSSR count). The third-order valence-electron chi connectivity index (χ3n) is 13.4. The maximum absolute atomic E-state index is 4.03. The van der Waals surface area contributed by atoms with E-state index >= 15 is 0 Å². The van der Waals surface area contributed by atoms with Crippen LogP contribution in [0.4, 0.5) is 22.7 Å². The summed E-state index contributed by atoms with van der Waals surface area (Å²) in [6.07, 6.45) is 14.1. The van der Waals surface area contributed by atoms with E-state index in [0.29, 0.717) is 23.7 Å². The van der Waals surface area contributed by atoms with Crippen LogP contribution in [0.1, 0.15) is 55.2 Å². The first-order chi connectivity index (χ1) is 30.5. The molecule has 0 aromatic heterocycles. The molecule has 2 nitrogen and oxygen atoms in total. The van der Waals surface area contributed by atoms with E-state index < -0.39 is 0 Å². The van der Waals surface area contributed by atoms with Crippen molar-refractivity contribution in [1.82, 2.24) is 0 Å². The van der Waals surface area contributed by atoms with Crippen LogP contribution >= 0.6 is 0 Å². The lowest BCUT2D eigenvalue weighted by Gasteiger charge is -2.36. The average Bonchev–Trinajstić information content (AvgIpc) is 3.32. The Balaban J connectivity index is 1.03. The van der Waals surface area contributed by atoms with Gasteiger partial charge in [0, 0.05) is 39.8 Å². The number of hydrogen-bond acceptors (Lipinski definition) is 2. The molecule has 4 atom stereocenters. The van der Waals surface area contributed by atoms with Gasteiger partial charge < -0.3 is 10.6 Å². The molecule has 3 unspecified atom stereocenters. The molecule has 2 N–H and O–H groups in total. The van der Waals surface area contributed by atoms with Gasteiger partial charge in [0.2, 0.25) is 0 Å². The van der Waals surface area contributed by atoms with Gasteiger partial charge in [-0.05, 0) is 152 Å². The van der Waals surface area contributed by atoms with Crippen molar-refractivity contribution in [2.75, 3.05) is 10.6 Å². The SMILES string of the molecule is CC1CC=CC2c3cccc(c3)-c3cc(-c4ccc(Nc5cc(-c6ccccc6)cc(-c6ccccc6)c5)c(C5=C[C@@H](C)CC=C5)c4)ccc3Nc3cc4ccccc4cc3C12. The Morgan fingerprint density at radius 1 is 0.500 bits per heavy atom. The minimum absolute atomic E-state index is 0.295. The highest BCUT2D eigenvalue weighted by atomic mass is 14.9. The Morgan fingerprint density at radius 3 is 1.92 bits per heavy atom. The van der Waals surface area contributed by atoms with E-state index in [1.165, 1.54) is 83.2 Å². The minimum atomic E-state index is 0.295. The Morgan fingerprint density at radius 2 is 1.18 bits per heavy atom. The number of nitrogens with one attached hydrogen (secondary N) is 2. The van der Waals surface area contributed by atoms with Crippen LogP contribution in [0, 0.1) is 11.8 Å². The summed E-state index contributed by atoms with van der Waals surface area (Å²) in [5.74, 6) is 1.63. The zero-order valence-electron chi connectivity index (χ0n) is 35.4. The summed E-state index contributed by atoms with van der Waals surface area (Å²) >= 11 is 0. The van der Waals surface area contributed by atoms with Gasteiger partial charge in [0.25, 0.3) is 0 Å². The Bertz CT molecular complexity index is 3000. The van der Waals surface area contributed by atoms with Gasteiger partial charge in [0.05, 0.1) is 0 Å². The van der Waals surface area contributed by atoms with Gasteiger partial charge in [-0.2, -0.15) is 0 Å². The summed E-state index contributed by atoms with van der Waals surface area (Å²) in [6, 6.07) is 65.1. The number of rotatable bonds is 6. The van der Waals surface area contributed by atoms with Crippen molar-refractivity contribution in [3.05, 3.63) is 223 Å². The number of fused-ring (bicyclic) bond motifs is 9. The van der Waals surface area contributed by atoms with Gasteiger partial charge >= 0.3 is 0 Å². The molecule has 8 aromatic rings. The van der Waals surface area contributed by atoms with E-state index in [-0.39, 0.29) is 0 Å². The molecular weight excluding hydrogens is 749 g/mol. The molecule has 0 saturated heterocycles. The quantitative estimate of drug-likeness (QED) is 0.164. The van der Waals surface area contributed by atoms with Crippen LogP contribution in [0.2, 0.25) is 0 Å². The maximum Gasteiger partial charge on any atom is 0.0464 e. The predicted octanol–water partition coefficient (Wildman–Crippen LogP) is 16.8. The topological polar surface area (TPSA) is 24.1 Å².